The minimum absolute atomic E-state index is 0.00593. The molecule has 16 heavy (non-hydrogen) atoms. The molecule has 0 aromatic heterocycles. The van der Waals surface area contributed by atoms with Gasteiger partial charge < -0.3 is 10.0 Å². The van der Waals surface area contributed by atoms with Crippen LogP contribution >= 0.6 is 0 Å². The van der Waals surface area contributed by atoms with Crippen molar-refractivity contribution in [2.24, 2.45) is 5.92 Å². The van der Waals surface area contributed by atoms with Gasteiger partial charge in [-0.2, -0.15) is 0 Å². The molecule has 0 fully saturated rings. The Morgan fingerprint density at radius 2 is 2.19 bits per heavy atom. The highest BCUT2D eigenvalue weighted by atomic mass is 16.4. The minimum Gasteiger partial charge on any atom is -0.480 e. The number of rotatable bonds is 5. The van der Waals surface area contributed by atoms with E-state index in [0.29, 0.717) is 6.54 Å². The van der Waals surface area contributed by atoms with Crippen LogP contribution in [0.2, 0.25) is 0 Å². The third-order valence-electron chi connectivity index (χ3n) is 2.75. The Balaban J connectivity index is 2.58. The monoisotopic (exact) mass is 225 g/mol. The zero-order valence-electron chi connectivity index (χ0n) is 9.69. The molecule has 1 unspecified atom stereocenters. The summed E-state index contributed by atoms with van der Waals surface area (Å²) in [6.07, 6.45) is 7.39. The number of hydrogen-bond donors (Lipinski definition) is 1. The number of carboxylic acid groups (broad SMARTS) is 1. The molecule has 0 saturated heterocycles. The highest BCUT2D eigenvalue weighted by Crippen LogP contribution is 2.20. The second-order valence-corrected chi connectivity index (χ2v) is 4.13. The predicted octanol–water partition coefficient (Wildman–Crippen LogP) is 1.67. The average Bonchev–Trinajstić information content (AvgIpc) is 2.28. The van der Waals surface area contributed by atoms with Crippen molar-refractivity contribution < 1.29 is 14.7 Å². The van der Waals surface area contributed by atoms with Crippen molar-refractivity contribution >= 4 is 11.9 Å². The molecule has 0 aliphatic heterocycles. The van der Waals surface area contributed by atoms with Crippen LogP contribution in [0.25, 0.3) is 0 Å². The van der Waals surface area contributed by atoms with Crippen LogP contribution < -0.4 is 0 Å². The van der Waals surface area contributed by atoms with Crippen molar-refractivity contribution in [3.8, 4) is 0 Å². The quantitative estimate of drug-likeness (QED) is 0.724. The predicted molar refractivity (Wildman–Crippen MR) is 61.0 cm³/mol. The van der Waals surface area contributed by atoms with Crippen LogP contribution in [0.1, 0.15) is 32.6 Å². The van der Waals surface area contributed by atoms with Crippen molar-refractivity contribution in [3.63, 3.8) is 0 Å². The van der Waals surface area contributed by atoms with Gasteiger partial charge in [0.05, 0.1) is 0 Å². The molecule has 0 saturated carbocycles. The summed E-state index contributed by atoms with van der Waals surface area (Å²) >= 11 is 0. The average molecular weight is 225 g/mol. The van der Waals surface area contributed by atoms with Gasteiger partial charge in [-0.25, -0.2) is 0 Å². The molecule has 1 atom stereocenters. The zero-order chi connectivity index (χ0) is 12.0. The maximum Gasteiger partial charge on any atom is 0.323 e. The van der Waals surface area contributed by atoms with Crippen molar-refractivity contribution in [1.82, 2.24) is 4.90 Å². The van der Waals surface area contributed by atoms with E-state index in [1.807, 2.05) is 13.0 Å². The van der Waals surface area contributed by atoms with Crippen molar-refractivity contribution in [1.29, 1.82) is 0 Å². The van der Waals surface area contributed by atoms with E-state index >= 15 is 0 Å². The van der Waals surface area contributed by atoms with Gasteiger partial charge in [-0.1, -0.05) is 19.1 Å². The lowest BCUT2D eigenvalue weighted by Crippen LogP contribution is -2.40. The number of carbonyl (C=O) groups excluding carboxylic acids is 1. The van der Waals surface area contributed by atoms with Crippen LogP contribution in [0.3, 0.4) is 0 Å². The topological polar surface area (TPSA) is 57.6 Å². The Hall–Kier alpha value is -1.32. The molecule has 1 rings (SSSR count). The molecule has 90 valence electrons. The Morgan fingerprint density at radius 3 is 2.69 bits per heavy atom. The number of carboxylic acids is 1. The number of hydrogen-bond acceptors (Lipinski definition) is 2. The van der Waals surface area contributed by atoms with Gasteiger partial charge in [0.2, 0.25) is 5.91 Å². The fraction of sp³-hybridized carbons (Fsp3) is 0.667. The van der Waals surface area contributed by atoms with Gasteiger partial charge in [0, 0.05) is 12.5 Å². The maximum absolute atomic E-state index is 12.1. The molecule has 4 nitrogen and oxygen atoms in total. The lowest BCUT2D eigenvalue weighted by atomic mass is 9.93. The van der Waals surface area contributed by atoms with Crippen LogP contribution in [-0.4, -0.2) is 35.0 Å². The SMILES string of the molecule is CCCN(CC(=O)O)C(=O)C1CC=CCC1. The highest BCUT2D eigenvalue weighted by molar-refractivity contribution is 5.83. The lowest BCUT2D eigenvalue weighted by molar-refractivity contribution is -0.146. The Kier molecular flexibility index (Phi) is 5.02. The summed E-state index contributed by atoms with van der Waals surface area (Å²) < 4.78 is 0. The number of allylic oxidation sites excluding steroid dienone is 2. The molecule has 1 aliphatic rings. The van der Waals surface area contributed by atoms with Crippen molar-refractivity contribution in [2.75, 3.05) is 13.1 Å². The molecule has 1 N–H and O–H groups in total. The van der Waals surface area contributed by atoms with E-state index in [1.165, 1.54) is 4.90 Å². The molecular weight excluding hydrogens is 206 g/mol. The standard InChI is InChI=1S/C12H19NO3/c1-2-8-13(9-11(14)15)12(16)10-6-4-3-5-7-10/h3-4,10H,2,5-9H2,1H3,(H,14,15). The van der Waals surface area contributed by atoms with Crippen molar-refractivity contribution in [2.45, 2.75) is 32.6 Å². The first-order chi connectivity index (χ1) is 7.65. The second-order valence-electron chi connectivity index (χ2n) is 4.13. The second kappa shape index (κ2) is 6.30. The van der Waals surface area contributed by atoms with Gasteiger partial charge in [-0.3, -0.25) is 9.59 Å². The smallest absolute Gasteiger partial charge is 0.323 e. The normalized spacial score (nSPS) is 19.4. The maximum atomic E-state index is 12.1. The number of amides is 1. The Labute approximate surface area is 95.9 Å². The summed E-state index contributed by atoms with van der Waals surface area (Å²) in [7, 11) is 0. The van der Waals surface area contributed by atoms with Gasteiger partial charge >= 0.3 is 5.97 Å². The number of nitrogens with zero attached hydrogens (tertiary/aromatic N) is 1. The van der Waals surface area contributed by atoms with Crippen LogP contribution in [0.5, 0.6) is 0 Å². The summed E-state index contributed by atoms with van der Waals surface area (Å²) in [5.74, 6) is -0.961. The fourth-order valence-electron chi connectivity index (χ4n) is 1.98. The number of carbonyl (C=O) groups is 2. The first-order valence-electron chi connectivity index (χ1n) is 5.80. The molecule has 0 spiro atoms. The van der Waals surface area contributed by atoms with Gasteiger partial charge in [0.15, 0.2) is 0 Å². The van der Waals surface area contributed by atoms with E-state index in [-0.39, 0.29) is 18.4 Å². The van der Waals surface area contributed by atoms with E-state index in [0.717, 1.165) is 25.7 Å². The van der Waals surface area contributed by atoms with Crippen LogP contribution in [0, 0.1) is 5.92 Å². The third-order valence-corrected chi connectivity index (χ3v) is 2.75. The summed E-state index contributed by atoms with van der Waals surface area (Å²) in [5, 5.41) is 8.75. The van der Waals surface area contributed by atoms with E-state index in [1.54, 1.807) is 0 Å². The van der Waals surface area contributed by atoms with Crippen LogP contribution in [-0.2, 0) is 9.59 Å². The third kappa shape index (κ3) is 3.68. The van der Waals surface area contributed by atoms with E-state index < -0.39 is 5.97 Å². The van der Waals surface area contributed by atoms with Crippen LogP contribution in [0.15, 0.2) is 12.2 Å². The molecule has 0 radical (unpaired) electrons. The highest BCUT2D eigenvalue weighted by Gasteiger charge is 2.25. The molecule has 0 bridgehead atoms. The molecule has 0 aromatic rings. The zero-order valence-corrected chi connectivity index (χ0v) is 9.69. The molecule has 1 aliphatic carbocycles. The molecule has 0 heterocycles. The first kappa shape index (κ1) is 12.7. The number of aliphatic carboxylic acids is 1. The first-order valence-corrected chi connectivity index (χ1v) is 5.80. The van der Waals surface area contributed by atoms with Gasteiger partial charge in [0.1, 0.15) is 6.54 Å². The molecule has 4 heteroatoms. The minimum atomic E-state index is -0.937. The lowest BCUT2D eigenvalue weighted by Gasteiger charge is -2.26. The summed E-state index contributed by atoms with van der Waals surface area (Å²) in [5.41, 5.74) is 0. The largest absolute Gasteiger partial charge is 0.480 e. The fourth-order valence-corrected chi connectivity index (χ4v) is 1.98. The molecule has 0 aromatic carbocycles. The van der Waals surface area contributed by atoms with E-state index in [2.05, 4.69) is 6.08 Å². The van der Waals surface area contributed by atoms with Gasteiger partial charge in [-0.15, -0.1) is 0 Å². The summed E-state index contributed by atoms with van der Waals surface area (Å²) in [6, 6.07) is 0. The van der Waals surface area contributed by atoms with Crippen molar-refractivity contribution in [3.05, 3.63) is 12.2 Å². The summed E-state index contributed by atoms with van der Waals surface area (Å²) in [6.45, 7) is 2.31. The van der Waals surface area contributed by atoms with E-state index in [4.69, 9.17) is 5.11 Å². The van der Waals surface area contributed by atoms with Gasteiger partial charge in [0.25, 0.3) is 0 Å². The van der Waals surface area contributed by atoms with Crippen LogP contribution in [0.4, 0.5) is 0 Å². The van der Waals surface area contributed by atoms with Gasteiger partial charge in [-0.05, 0) is 25.7 Å². The Bertz CT molecular complexity index is 286. The summed E-state index contributed by atoms with van der Waals surface area (Å²) in [4.78, 5) is 24.2. The molecule has 1 amide bonds. The molecular formula is C12H19NO3. The van der Waals surface area contributed by atoms with E-state index in [9.17, 15) is 9.59 Å². The Morgan fingerprint density at radius 1 is 1.44 bits per heavy atom.